The molecule has 0 spiro atoms. The third-order valence-electron chi connectivity index (χ3n) is 2.65. The van der Waals surface area contributed by atoms with Crippen LogP contribution < -0.4 is 5.32 Å². The Balaban J connectivity index is 2.07. The second-order valence-electron chi connectivity index (χ2n) is 4.22. The minimum atomic E-state index is -0.736. The first-order valence-corrected chi connectivity index (χ1v) is 6.62. The van der Waals surface area contributed by atoms with Crippen molar-refractivity contribution in [2.75, 3.05) is 5.32 Å². The molecule has 0 bridgehead atoms. The summed E-state index contributed by atoms with van der Waals surface area (Å²) in [4.78, 5) is 16.0. The summed E-state index contributed by atoms with van der Waals surface area (Å²) in [6.07, 6.45) is -0.178. The third kappa shape index (κ3) is 3.60. The van der Waals surface area contributed by atoms with Gasteiger partial charge in [0.1, 0.15) is 17.5 Å². The van der Waals surface area contributed by atoms with E-state index >= 15 is 0 Å². The van der Waals surface area contributed by atoms with Crippen molar-refractivity contribution in [3.8, 4) is 0 Å². The van der Waals surface area contributed by atoms with Crippen LogP contribution in [0.3, 0.4) is 0 Å². The zero-order valence-electron chi connectivity index (χ0n) is 10.6. The van der Waals surface area contributed by atoms with Gasteiger partial charge >= 0.3 is 0 Å². The topological polar surface area (TPSA) is 42.0 Å². The van der Waals surface area contributed by atoms with Crippen molar-refractivity contribution >= 4 is 27.7 Å². The number of benzene rings is 1. The van der Waals surface area contributed by atoms with Crippen molar-refractivity contribution in [1.82, 2.24) is 4.98 Å². The van der Waals surface area contributed by atoms with Gasteiger partial charge in [0.15, 0.2) is 0 Å². The van der Waals surface area contributed by atoms with Gasteiger partial charge in [0.2, 0.25) is 5.91 Å². The largest absolute Gasteiger partial charge is 0.310 e. The summed E-state index contributed by atoms with van der Waals surface area (Å²) in [6, 6.07) is 6.52. The summed E-state index contributed by atoms with van der Waals surface area (Å²) in [7, 11) is 0. The van der Waals surface area contributed by atoms with Gasteiger partial charge in [-0.15, -0.1) is 0 Å². The molecule has 0 aliphatic rings. The number of aryl methyl sites for hydroxylation is 1. The van der Waals surface area contributed by atoms with Gasteiger partial charge in [0.05, 0.1) is 12.1 Å². The Labute approximate surface area is 123 Å². The number of amides is 1. The fourth-order valence-electron chi connectivity index (χ4n) is 1.64. The van der Waals surface area contributed by atoms with E-state index in [1.54, 1.807) is 19.1 Å². The number of pyridine rings is 1. The van der Waals surface area contributed by atoms with Crippen LogP contribution in [0, 0.1) is 18.6 Å². The van der Waals surface area contributed by atoms with Crippen LogP contribution in [-0.2, 0) is 11.2 Å². The number of rotatable bonds is 3. The number of hydrogen-bond donors (Lipinski definition) is 1. The van der Waals surface area contributed by atoms with Gasteiger partial charge in [-0.05, 0) is 46.6 Å². The van der Waals surface area contributed by atoms with Crippen LogP contribution in [0.4, 0.5) is 14.6 Å². The highest BCUT2D eigenvalue weighted by Gasteiger charge is 2.10. The molecule has 1 heterocycles. The third-order valence-corrected chi connectivity index (χ3v) is 3.49. The molecular formula is C14H11BrF2N2O. The molecule has 0 aliphatic heterocycles. The maximum Gasteiger partial charge on any atom is 0.230 e. The lowest BCUT2D eigenvalue weighted by atomic mass is 10.1. The van der Waals surface area contributed by atoms with Crippen molar-refractivity contribution in [1.29, 1.82) is 0 Å². The second-order valence-corrected chi connectivity index (χ2v) is 5.08. The van der Waals surface area contributed by atoms with Crippen LogP contribution in [0.2, 0.25) is 0 Å². The number of anilines is 1. The lowest BCUT2D eigenvalue weighted by Crippen LogP contribution is -2.16. The van der Waals surface area contributed by atoms with Crippen LogP contribution >= 0.6 is 15.9 Å². The molecule has 0 unspecified atom stereocenters. The number of nitrogens with one attached hydrogen (secondary N) is 1. The smallest absolute Gasteiger partial charge is 0.230 e. The van der Waals surface area contributed by atoms with E-state index in [1.807, 2.05) is 0 Å². The Morgan fingerprint density at radius 3 is 2.70 bits per heavy atom. The SMILES string of the molecule is Cc1nc(NC(=O)Cc2ccc(F)cc2F)ccc1Br. The molecule has 2 aromatic rings. The van der Waals surface area contributed by atoms with Gasteiger partial charge < -0.3 is 5.32 Å². The summed E-state index contributed by atoms with van der Waals surface area (Å²) in [5.41, 5.74) is 0.869. The van der Waals surface area contributed by atoms with E-state index < -0.39 is 17.5 Å². The van der Waals surface area contributed by atoms with E-state index in [1.165, 1.54) is 6.07 Å². The predicted molar refractivity (Wildman–Crippen MR) is 75.4 cm³/mol. The Morgan fingerprint density at radius 2 is 2.05 bits per heavy atom. The zero-order valence-corrected chi connectivity index (χ0v) is 12.2. The van der Waals surface area contributed by atoms with E-state index in [4.69, 9.17) is 0 Å². The highest BCUT2D eigenvalue weighted by molar-refractivity contribution is 9.10. The maximum absolute atomic E-state index is 13.4. The van der Waals surface area contributed by atoms with Crippen LogP contribution in [0.25, 0.3) is 0 Å². The first kappa shape index (κ1) is 14.6. The van der Waals surface area contributed by atoms with E-state index in [-0.39, 0.29) is 12.0 Å². The number of aromatic nitrogens is 1. The highest BCUT2D eigenvalue weighted by atomic mass is 79.9. The molecule has 0 aliphatic carbocycles. The molecule has 1 amide bonds. The Kier molecular flexibility index (Phi) is 4.44. The van der Waals surface area contributed by atoms with Gasteiger partial charge in [-0.25, -0.2) is 13.8 Å². The van der Waals surface area contributed by atoms with Gasteiger partial charge in [0.25, 0.3) is 0 Å². The maximum atomic E-state index is 13.4. The molecule has 3 nitrogen and oxygen atoms in total. The number of carbonyl (C=O) groups is 1. The van der Waals surface area contributed by atoms with Crippen molar-refractivity contribution in [2.45, 2.75) is 13.3 Å². The first-order chi connectivity index (χ1) is 9.45. The molecule has 0 radical (unpaired) electrons. The van der Waals surface area contributed by atoms with Gasteiger partial charge in [-0.1, -0.05) is 6.07 Å². The van der Waals surface area contributed by atoms with Crippen LogP contribution in [0.15, 0.2) is 34.8 Å². The predicted octanol–water partition coefficient (Wildman–Crippen LogP) is 3.61. The van der Waals surface area contributed by atoms with Crippen LogP contribution in [-0.4, -0.2) is 10.9 Å². The summed E-state index contributed by atoms with van der Waals surface area (Å²) in [5, 5.41) is 2.57. The lowest BCUT2D eigenvalue weighted by molar-refractivity contribution is -0.115. The highest BCUT2D eigenvalue weighted by Crippen LogP contribution is 2.17. The Hall–Kier alpha value is -1.82. The van der Waals surface area contributed by atoms with E-state index in [0.29, 0.717) is 5.82 Å². The fraction of sp³-hybridized carbons (Fsp3) is 0.143. The van der Waals surface area contributed by atoms with Gasteiger partial charge in [-0.2, -0.15) is 0 Å². The van der Waals surface area contributed by atoms with Gasteiger partial charge in [-0.3, -0.25) is 4.79 Å². The van der Waals surface area contributed by atoms with Crippen molar-refractivity contribution in [3.05, 3.63) is 57.7 Å². The standard InChI is InChI=1S/C14H11BrF2N2O/c1-8-11(15)4-5-13(18-8)19-14(20)6-9-2-3-10(16)7-12(9)17/h2-5,7H,6H2,1H3,(H,18,19,20). The summed E-state index contributed by atoms with van der Waals surface area (Å²) in [5.74, 6) is -1.43. The minimum absolute atomic E-state index is 0.137. The molecule has 0 saturated heterocycles. The average molecular weight is 341 g/mol. The molecule has 2 rings (SSSR count). The molecule has 0 fully saturated rings. The molecule has 1 N–H and O–H groups in total. The summed E-state index contributed by atoms with van der Waals surface area (Å²) in [6.45, 7) is 1.79. The summed E-state index contributed by atoms with van der Waals surface area (Å²) < 4.78 is 27.0. The number of hydrogen-bond acceptors (Lipinski definition) is 2. The minimum Gasteiger partial charge on any atom is -0.310 e. The van der Waals surface area contributed by atoms with Crippen molar-refractivity contribution in [3.63, 3.8) is 0 Å². The summed E-state index contributed by atoms with van der Waals surface area (Å²) >= 11 is 3.31. The molecule has 0 saturated carbocycles. The molecule has 104 valence electrons. The van der Waals surface area contributed by atoms with Crippen molar-refractivity contribution < 1.29 is 13.6 Å². The Bertz CT molecular complexity index is 662. The lowest BCUT2D eigenvalue weighted by Gasteiger charge is -2.07. The van der Waals surface area contributed by atoms with Gasteiger partial charge in [0, 0.05) is 10.5 Å². The van der Waals surface area contributed by atoms with E-state index in [0.717, 1.165) is 22.3 Å². The second kappa shape index (κ2) is 6.09. The zero-order chi connectivity index (χ0) is 14.7. The number of nitrogens with zero attached hydrogens (tertiary/aromatic N) is 1. The molecule has 20 heavy (non-hydrogen) atoms. The van der Waals surface area contributed by atoms with Crippen molar-refractivity contribution in [2.24, 2.45) is 0 Å². The molecule has 1 aromatic heterocycles. The Morgan fingerprint density at radius 1 is 1.30 bits per heavy atom. The molecule has 6 heteroatoms. The monoisotopic (exact) mass is 340 g/mol. The molecular weight excluding hydrogens is 330 g/mol. The van der Waals surface area contributed by atoms with E-state index in [9.17, 15) is 13.6 Å². The molecule has 0 atom stereocenters. The quantitative estimate of drug-likeness (QED) is 0.927. The average Bonchev–Trinajstić information content (AvgIpc) is 2.37. The number of carbonyl (C=O) groups excluding carboxylic acids is 1. The number of halogens is 3. The fourth-order valence-corrected chi connectivity index (χ4v) is 1.86. The van der Waals surface area contributed by atoms with E-state index in [2.05, 4.69) is 26.2 Å². The normalized spacial score (nSPS) is 10.4. The van der Waals surface area contributed by atoms with Crippen LogP contribution in [0.1, 0.15) is 11.3 Å². The first-order valence-electron chi connectivity index (χ1n) is 5.82. The van der Waals surface area contributed by atoms with Crippen LogP contribution in [0.5, 0.6) is 0 Å². The molecule has 1 aromatic carbocycles.